The Hall–Kier alpha value is -1.27. The molecule has 0 radical (unpaired) electrons. The van der Waals surface area contributed by atoms with Crippen LogP contribution in [0.4, 0.5) is 5.00 Å². The molecule has 112 valence electrons. The molecule has 1 aromatic rings. The highest BCUT2D eigenvalue weighted by atomic mass is 32.1. The van der Waals surface area contributed by atoms with E-state index in [4.69, 9.17) is 4.74 Å². The molecule has 0 amide bonds. The number of aliphatic imine (C=N–C) groups is 1. The standard InChI is InChI=1S/C14H24N4OS/c1-15-14(16-6-4-11-19-2)18-9-7-17(8-10-18)13-5-3-12-20-13/h3,5,12H,4,6-11H2,1-2H3,(H,15,16). The average molecular weight is 296 g/mol. The van der Waals surface area contributed by atoms with Gasteiger partial charge in [0.15, 0.2) is 5.96 Å². The van der Waals surface area contributed by atoms with Crippen molar-refractivity contribution in [2.24, 2.45) is 4.99 Å². The maximum absolute atomic E-state index is 5.06. The van der Waals surface area contributed by atoms with Crippen LogP contribution in [0.25, 0.3) is 0 Å². The van der Waals surface area contributed by atoms with Crippen LogP contribution in [-0.2, 0) is 4.74 Å². The number of ether oxygens (including phenoxy) is 1. The summed E-state index contributed by atoms with van der Waals surface area (Å²) in [5.74, 6) is 1.01. The highest BCUT2D eigenvalue weighted by Crippen LogP contribution is 2.22. The lowest BCUT2D eigenvalue weighted by atomic mass is 10.3. The van der Waals surface area contributed by atoms with Crippen molar-refractivity contribution in [3.8, 4) is 0 Å². The van der Waals surface area contributed by atoms with Gasteiger partial charge in [-0.25, -0.2) is 0 Å². The number of piperazine rings is 1. The third-order valence-corrected chi connectivity index (χ3v) is 4.35. The van der Waals surface area contributed by atoms with Crippen molar-refractivity contribution in [3.63, 3.8) is 0 Å². The van der Waals surface area contributed by atoms with E-state index in [2.05, 4.69) is 37.6 Å². The molecule has 6 heteroatoms. The third-order valence-electron chi connectivity index (χ3n) is 3.42. The second kappa shape index (κ2) is 8.11. The van der Waals surface area contributed by atoms with Crippen molar-refractivity contribution in [2.45, 2.75) is 6.42 Å². The van der Waals surface area contributed by atoms with E-state index in [9.17, 15) is 0 Å². The first-order chi connectivity index (χ1) is 9.85. The van der Waals surface area contributed by atoms with E-state index in [1.54, 1.807) is 7.11 Å². The SMILES string of the molecule is CN=C(NCCCOC)N1CCN(c2cccs2)CC1. The molecule has 20 heavy (non-hydrogen) atoms. The number of hydrogen-bond acceptors (Lipinski definition) is 4. The maximum Gasteiger partial charge on any atom is 0.193 e. The van der Waals surface area contributed by atoms with Gasteiger partial charge >= 0.3 is 0 Å². The lowest BCUT2D eigenvalue weighted by Crippen LogP contribution is -2.52. The molecule has 1 N–H and O–H groups in total. The summed E-state index contributed by atoms with van der Waals surface area (Å²) < 4.78 is 5.06. The Morgan fingerprint density at radius 3 is 2.80 bits per heavy atom. The topological polar surface area (TPSA) is 40.1 Å². The summed E-state index contributed by atoms with van der Waals surface area (Å²) in [6, 6.07) is 4.31. The summed E-state index contributed by atoms with van der Waals surface area (Å²) in [6.07, 6.45) is 1.00. The predicted molar refractivity (Wildman–Crippen MR) is 86.0 cm³/mol. The minimum atomic E-state index is 0.788. The molecule has 0 aromatic carbocycles. The van der Waals surface area contributed by atoms with E-state index in [0.29, 0.717) is 0 Å². The van der Waals surface area contributed by atoms with Crippen LogP contribution in [0.1, 0.15) is 6.42 Å². The summed E-state index contributed by atoms with van der Waals surface area (Å²) in [7, 11) is 3.59. The highest BCUT2D eigenvalue weighted by molar-refractivity contribution is 7.14. The third kappa shape index (κ3) is 4.11. The molecule has 1 saturated heterocycles. The average Bonchev–Trinajstić information content (AvgIpc) is 3.02. The molecule has 0 atom stereocenters. The summed E-state index contributed by atoms with van der Waals surface area (Å²) in [4.78, 5) is 9.15. The number of rotatable bonds is 5. The van der Waals surface area contributed by atoms with Crippen molar-refractivity contribution in [3.05, 3.63) is 17.5 Å². The van der Waals surface area contributed by atoms with Crippen LogP contribution < -0.4 is 10.2 Å². The lowest BCUT2D eigenvalue weighted by molar-refractivity contribution is 0.195. The second-order valence-corrected chi connectivity index (χ2v) is 5.67. The van der Waals surface area contributed by atoms with Gasteiger partial charge in [0.2, 0.25) is 0 Å². The Balaban J connectivity index is 1.76. The Labute approximate surface area is 125 Å². The predicted octanol–water partition coefficient (Wildman–Crippen LogP) is 1.48. The van der Waals surface area contributed by atoms with Crippen LogP contribution in [0.3, 0.4) is 0 Å². The van der Waals surface area contributed by atoms with Crippen molar-refractivity contribution in [1.82, 2.24) is 10.2 Å². The largest absolute Gasteiger partial charge is 0.385 e. The lowest BCUT2D eigenvalue weighted by Gasteiger charge is -2.37. The second-order valence-electron chi connectivity index (χ2n) is 4.75. The fraction of sp³-hybridized carbons (Fsp3) is 0.643. The number of anilines is 1. The quantitative estimate of drug-likeness (QED) is 0.508. The van der Waals surface area contributed by atoms with E-state index < -0.39 is 0 Å². The zero-order valence-electron chi connectivity index (χ0n) is 12.3. The van der Waals surface area contributed by atoms with Crippen LogP contribution in [0, 0.1) is 0 Å². The van der Waals surface area contributed by atoms with Gasteiger partial charge in [0.25, 0.3) is 0 Å². The minimum absolute atomic E-state index is 0.788. The Bertz CT molecular complexity index is 399. The molecule has 0 bridgehead atoms. The number of thiophene rings is 1. The smallest absolute Gasteiger partial charge is 0.193 e. The van der Waals surface area contributed by atoms with Crippen LogP contribution >= 0.6 is 11.3 Å². The van der Waals surface area contributed by atoms with Gasteiger partial charge in [-0.05, 0) is 23.9 Å². The van der Waals surface area contributed by atoms with Gasteiger partial charge in [-0.2, -0.15) is 0 Å². The molecule has 5 nitrogen and oxygen atoms in total. The van der Waals surface area contributed by atoms with Crippen LogP contribution in [-0.4, -0.2) is 64.3 Å². The normalized spacial score (nSPS) is 16.6. The summed E-state index contributed by atoms with van der Waals surface area (Å²) in [5, 5.41) is 6.91. The first kappa shape index (κ1) is 15.1. The van der Waals surface area contributed by atoms with Crippen molar-refractivity contribution < 1.29 is 4.74 Å². The minimum Gasteiger partial charge on any atom is -0.385 e. The van der Waals surface area contributed by atoms with Crippen LogP contribution in [0.15, 0.2) is 22.5 Å². The molecule has 2 heterocycles. The van der Waals surface area contributed by atoms with Gasteiger partial charge in [-0.1, -0.05) is 0 Å². The van der Waals surface area contributed by atoms with Gasteiger partial charge in [0.05, 0.1) is 5.00 Å². The van der Waals surface area contributed by atoms with Gasteiger partial charge in [-0.15, -0.1) is 11.3 Å². The number of nitrogens with zero attached hydrogens (tertiary/aromatic N) is 3. The molecule has 0 spiro atoms. The molecule has 1 aliphatic rings. The van der Waals surface area contributed by atoms with Crippen molar-refractivity contribution >= 4 is 22.3 Å². The maximum atomic E-state index is 5.06. The summed E-state index contributed by atoms with van der Waals surface area (Å²) in [6.45, 7) is 5.84. The number of nitrogens with one attached hydrogen (secondary N) is 1. The van der Waals surface area contributed by atoms with E-state index in [0.717, 1.165) is 51.7 Å². The van der Waals surface area contributed by atoms with Gasteiger partial charge in [0, 0.05) is 53.5 Å². The Morgan fingerprint density at radius 1 is 1.40 bits per heavy atom. The first-order valence-corrected chi connectivity index (χ1v) is 7.96. The summed E-state index contributed by atoms with van der Waals surface area (Å²) in [5.41, 5.74) is 0. The van der Waals surface area contributed by atoms with Crippen LogP contribution in [0.5, 0.6) is 0 Å². The number of hydrogen-bond donors (Lipinski definition) is 1. The van der Waals surface area contributed by atoms with Crippen molar-refractivity contribution in [2.75, 3.05) is 58.4 Å². The van der Waals surface area contributed by atoms with E-state index in [1.807, 2.05) is 18.4 Å². The van der Waals surface area contributed by atoms with Crippen LogP contribution in [0.2, 0.25) is 0 Å². The van der Waals surface area contributed by atoms with Gasteiger partial charge in [-0.3, -0.25) is 4.99 Å². The number of methoxy groups -OCH3 is 1. The van der Waals surface area contributed by atoms with Gasteiger partial charge in [0.1, 0.15) is 0 Å². The molecule has 1 fully saturated rings. The monoisotopic (exact) mass is 296 g/mol. The van der Waals surface area contributed by atoms with E-state index >= 15 is 0 Å². The zero-order valence-corrected chi connectivity index (χ0v) is 13.2. The summed E-state index contributed by atoms with van der Waals surface area (Å²) >= 11 is 1.81. The molecule has 0 aliphatic carbocycles. The molecule has 1 aromatic heterocycles. The molecule has 0 saturated carbocycles. The Kier molecular flexibility index (Phi) is 6.14. The molecule has 2 rings (SSSR count). The molecular formula is C14H24N4OS. The molecule has 0 unspecified atom stereocenters. The van der Waals surface area contributed by atoms with E-state index in [1.165, 1.54) is 5.00 Å². The highest BCUT2D eigenvalue weighted by Gasteiger charge is 2.19. The molecule has 1 aliphatic heterocycles. The number of guanidine groups is 1. The first-order valence-electron chi connectivity index (χ1n) is 7.08. The van der Waals surface area contributed by atoms with Crippen molar-refractivity contribution in [1.29, 1.82) is 0 Å². The van der Waals surface area contributed by atoms with E-state index in [-0.39, 0.29) is 0 Å². The fourth-order valence-electron chi connectivity index (χ4n) is 2.34. The zero-order chi connectivity index (χ0) is 14.2. The van der Waals surface area contributed by atoms with Gasteiger partial charge < -0.3 is 19.9 Å². The fourth-order valence-corrected chi connectivity index (χ4v) is 3.12. The molecular weight excluding hydrogens is 272 g/mol. The Morgan fingerprint density at radius 2 is 2.20 bits per heavy atom.